The Morgan fingerprint density at radius 1 is 1.35 bits per heavy atom. The van der Waals surface area contributed by atoms with Crippen molar-refractivity contribution in [3.63, 3.8) is 0 Å². The molecule has 0 radical (unpaired) electrons. The van der Waals surface area contributed by atoms with Crippen LogP contribution >= 0.6 is 0 Å². The van der Waals surface area contributed by atoms with Gasteiger partial charge in [-0.15, -0.1) is 0 Å². The topological polar surface area (TPSA) is 65.0 Å². The summed E-state index contributed by atoms with van der Waals surface area (Å²) in [4.78, 5) is 11.5. The molecule has 0 amide bonds. The number of hydrogen-bond acceptors (Lipinski definition) is 5. The molecule has 1 aromatic rings. The molecule has 0 saturated heterocycles. The Kier molecular flexibility index (Phi) is 6.43. The molecule has 1 aromatic carbocycles. The first-order valence-electron chi connectivity index (χ1n) is 6.54. The van der Waals surface area contributed by atoms with Crippen molar-refractivity contribution >= 4 is 5.97 Å². The van der Waals surface area contributed by atoms with Gasteiger partial charge < -0.3 is 19.3 Å². The van der Waals surface area contributed by atoms with Gasteiger partial charge in [-0.3, -0.25) is 4.79 Å². The van der Waals surface area contributed by atoms with Crippen LogP contribution in [0.2, 0.25) is 0 Å². The number of carbonyl (C=O) groups excluding carboxylic acids is 1. The lowest BCUT2D eigenvalue weighted by Gasteiger charge is -2.13. The Morgan fingerprint density at radius 3 is 2.70 bits per heavy atom. The zero-order valence-electron chi connectivity index (χ0n) is 12.0. The predicted octanol–water partition coefficient (Wildman–Crippen LogP) is 3.59. The zero-order valence-corrected chi connectivity index (χ0v) is 12.0. The van der Waals surface area contributed by atoms with Crippen LogP contribution in [0.3, 0.4) is 0 Å². The third-order valence-corrected chi connectivity index (χ3v) is 2.22. The summed E-state index contributed by atoms with van der Waals surface area (Å²) in [6, 6.07) is 4.91. The van der Waals surface area contributed by atoms with Gasteiger partial charge in [-0.05, 0) is 32.4 Å². The van der Waals surface area contributed by atoms with Crippen LogP contribution in [-0.4, -0.2) is 17.2 Å². The minimum atomic E-state index is -0.331. The number of aliphatic hydroxyl groups excluding tert-OH is 1. The summed E-state index contributed by atoms with van der Waals surface area (Å²) in [7, 11) is 0. The highest BCUT2D eigenvalue weighted by atomic mass is 16.6. The van der Waals surface area contributed by atoms with Crippen LogP contribution in [-0.2, 0) is 4.79 Å². The van der Waals surface area contributed by atoms with Gasteiger partial charge in [0.15, 0.2) is 11.5 Å². The summed E-state index contributed by atoms with van der Waals surface area (Å²) in [5.41, 5.74) is 0. The Hall–Kier alpha value is -2.17. The molecule has 0 fully saturated rings. The quantitative estimate of drug-likeness (QED) is 0.470. The van der Waals surface area contributed by atoms with E-state index < -0.39 is 0 Å². The third-order valence-electron chi connectivity index (χ3n) is 2.22. The fourth-order valence-corrected chi connectivity index (χ4v) is 1.49. The second kappa shape index (κ2) is 8.09. The molecule has 0 aliphatic heterocycles. The molecule has 5 nitrogen and oxygen atoms in total. The minimum absolute atomic E-state index is 0.0183. The van der Waals surface area contributed by atoms with E-state index in [0.717, 1.165) is 12.5 Å². The van der Waals surface area contributed by atoms with Gasteiger partial charge >= 0.3 is 5.97 Å². The Labute approximate surface area is 118 Å². The van der Waals surface area contributed by atoms with E-state index in [1.807, 2.05) is 20.8 Å². The molecule has 0 atom stereocenters. The van der Waals surface area contributed by atoms with Gasteiger partial charge in [-0.2, -0.15) is 0 Å². The molecule has 0 aromatic heterocycles. The predicted molar refractivity (Wildman–Crippen MR) is 75.1 cm³/mol. The van der Waals surface area contributed by atoms with Crippen molar-refractivity contribution in [1.82, 2.24) is 0 Å². The number of hydrogen-bond donors (Lipinski definition) is 1. The molecule has 1 N–H and O–H groups in total. The molecule has 20 heavy (non-hydrogen) atoms. The van der Waals surface area contributed by atoms with Crippen LogP contribution < -0.4 is 14.2 Å². The maximum atomic E-state index is 11.5. The van der Waals surface area contributed by atoms with E-state index in [0.29, 0.717) is 24.3 Å². The van der Waals surface area contributed by atoms with Crippen LogP contribution in [0.25, 0.3) is 0 Å². The second-order valence-electron chi connectivity index (χ2n) is 4.40. The average molecular weight is 280 g/mol. The van der Waals surface area contributed by atoms with Gasteiger partial charge in [0.1, 0.15) is 18.3 Å². The summed E-state index contributed by atoms with van der Waals surface area (Å²) < 4.78 is 15.9. The Bertz CT molecular complexity index is 465. The molecule has 5 heteroatoms. The van der Waals surface area contributed by atoms with Crippen molar-refractivity contribution in [3.8, 4) is 17.2 Å². The first-order chi connectivity index (χ1) is 9.56. The van der Waals surface area contributed by atoms with E-state index in [4.69, 9.17) is 19.3 Å². The molecular weight excluding hydrogens is 260 g/mol. The SMILES string of the molecule is CCCC(=O)Oc1ccc(OC(C)C)cc1OC=CO. The Balaban J connectivity index is 2.93. The molecule has 0 bridgehead atoms. The van der Waals surface area contributed by atoms with Crippen LogP contribution in [0.4, 0.5) is 0 Å². The number of benzene rings is 1. The molecule has 110 valence electrons. The van der Waals surface area contributed by atoms with Gasteiger partial charge in [-0.1, -0.05) is 6.92 Å². The summed E-state index contributed by atoms with van der Waals surface area (Å²) in [6.07, 6.45) is 2.91. The summed E-state index contributed by atoms with van der Waals surface area (Å²) in [5, 5.41) is 8.65. The molecule has 1 rings (SSSR count). The summed E-state index contributed by atoms with van der Waals surface area (Å²) >= 11 is 0. The average Bonchev–Trinajstić information content (AvgIpc) is 2.38. The summed E-state index contributed by atoms with van der Waals surface area (Å²) in [6.45, 7) is 5.71. The fourth-order valence-electron chi connectivity index (χ4n) is 1.49. The summed E-state index contributed by atoms with van der Waals surface area (Å²) in [5.74, 6) is 0.857. The molecule has 0 aliphatic carbocycles. The highest BCUT2D eigenvalue weighted by Gasteiger charge is 2.11. The maximum absolute atomic E-state index is 11.5. The molecule has 0 saturated carbocycles. The number of rotatable bonds is 7. The lowest BCUT2D eigenvalue weighted by atomic mass is 10.3. The second-order valence-corrected chi connectivity index (χ2v) is 4.40. The monoisotopic (exact) mass is 280 g/mol. The van der Waals surface area contributed by atoms with Crippen LogP contribution in [0.15, 0.2) is 30.7 Å². The van der Waals surface area contributed by atoms with Gasteiger partial charge in [0.25, 0.3) is 0 Å². The van der Waals surface area contributed by atoms with Gasteiger partial charge in [0.05, 0.1) is 6.10 Å². The van der Waals surface area contributed by atoms with Crippen molar-refractivity contribution in [2.75, 3.05) is 0 Å². The highest BCUT2D eigenvalue weighted by Crippen LogP contribution is 2.32. The van der Waals surface area contributed by atoms with Crippen LogP contribution in [0, 0.1) is 0 Å². The fraction of sp³-hybridized carbons (Fsp3) is 0.400. The largest absolute Gasteiger partial charge is 0.512 e. The van der Waals surface area contributed by atoms with Gasteiger partial charge in [-0.25, -0.2) is 0 Å². The lowest BCUT2D eigenvalue weighted by Crippen LogP contribution is -2.09. The molecule has 0 aliphatic rings. The van der Waals surface area contributed by atoms with Crippen molar-refractivity contribution in [3.05, 3.63) is 30.7 Å². The molecule has 0 unspecified atom stereocenters. The molecule has 0 heterocycles. The van der Waals surface area contributed by atoms with E-state index in [1.165, 1.54) is 0 Å². The highest BCUT2D eigenvalue weighted by molar-refractivity contribution is 5.73. The minimum Gasteiger partial charge on any atom is -0.512 e. The number of esters is 1. The normalized spacial score (nSPS) is 10.8. The van der Waals surface area contributed by atoms with Crippen LogP contribution in [0.1, 0.15) is 33.6 Å². The first-order valence-corrected chi connectivity index (χ1v) is 6.54. The van der Waals surface area contributed by atoms with Gasteiger partial charge in [0, 0.05) is 12.5 Å². The zero-order chi connectivity index (χ0) is 15.0. The standard InChI is InChI=1S/C15H20O5/c1-4-5-15(17)20-13-7-6-12(19-11(2)3)10-14(13)18-9-8-16/h6-11,16H,4-5H2,1-3H3. The number of ether oxygens (including phenoxy) is 3. The Morgan fingerprint density at radius 2 is 2.10 bits per heavy atom. The van der Waals surface area contributed by atoms with Crippen LogP contribution in [0.5, 0.6) is 17.2 Å². The van der Waals surface area contributed by atoms with E-state index in [1.54, 1.807) is 18.2 Å². The van der Waals surface area contributed by atoms with Crippen molar-refractivity contribution in [1.29, 1.82) is 0 Å². The third kappa shape index (κ3) is 5.22. The smallest absolute Gasteiger partial charge is 0.311 e. The van der Waals surface area contributed by atoms with Gasteiger partial charge in [0.2, 0.25) is 0 Å². The van der Waals surface area contributed by atoms with E-state index in [2.05, 4.69) is 0 Å². The lowest BCUT2D eigenvalue weighted by molar-refractivity contribution is -0.134. The number of carbonyl (C=O) groups is 1. The maximum Gasteiger partial charge on any atom is 0.311 e. The van der Waals surface area contributed by atoms with E-state index >= 15 is 0 Å². The molecular formula is C15H20O5. The number of aliphatic hydroxyl groups is 1. The van der Waals surface area contributed by atoms with E-state index in [-0.39, 0.29) is 17.8 Å². The van der Waals surface area contributed by atoms with Crippen molar-refractivity contribution in [2.45, 2.75) is 39.7 Å². The first kappa shape index (κ1) is 15.9. The molecule has 0 spiro atoms. The van der Waals surface area contributed by atoms with Crippen molar-refractivity contribution < 1.29 is 24.1 Å². The van der Waals surface area contributed by atoms with E-state index in [9.17, 15) is 4.79 Å². The van der Waals surface area contributed by atoms with Crippen molar-refractivity contribution in [2.24, 2.45) is 0 Å².